The van der Waals surface area contributed by atoms with Gasteiger partial charge in [-0.15, -0.1) is 0 Å². The molecule has 2 aromatic heterocycles. The summed E-state index contributed by atoms with van der Waals surface area (Å²) in [7, 11) is 0. The Morgan fingerprint density at radius 3 is 2.94 bits per heavy atom. The van der Waals surface area contributed by atoms with Crippen LogP contribution in [-0.4, -0.2) is 15.9 Å². The average molecular weight is 236 g/mol. The molecule has 0 spiro atoms. The van der Waals surface area contributed by atoms with E-state index in [0.29, 0.717) is 17.3 Å². The van der Waals surface area contributed by atoms with Crippen molar-refractivity contribution in [2.45, 2.75) is 6.54 Å². The van der Waals surface area contributed by atoms with Crippen LogP contribution in [0.25, 0.3) is 0 Å². The van der Waals surface area contributed by atoms with E-state index in [9.17, 15) is 4.79 Å². The Bertz CT molecular complexity index is 464. The van der Waals surface area contributed by atoms with Gasteiger partial charge in [0.2, 0.25) is 0 Å². The van der Waals surface area contributed by atoms with E-state index in [1.54, 1.807) is 12.1 Å². The van der Waals surface area contributed by atoms with Crippen LogP contribution in [0.15, 0.2) is 36.8 Å². The number of hydrogen-bond acceptors (Lipinski definition) is 2. The van der Waals surface area contributed by atoms with Gasteiger partial charge in [0.1, 0.15) is 5.69 Å². The Balaban J connectivity index is 1.95. The minimum absolute atomic E-state index is 0.210. The minimum atomic E-state index is -0.210. The molecule has 0 fully saturated rings. The second-order valence-corrected chi connectivity index (χ2v) is 3.70. The van der Waals surface area contributed by atoms with Crippen LogP contribution in [0.5, 0.6) is 0 Å². The second kappa shape index (κ2) is 4.81. The van der Waals surface area contributed by atoms with E-state index in [1.165, 1.54) is 6.20 Å². The normalized spacial score (nSPS) is 10.1. The molecular weight excluding hydrogens is 226 g/mol. The lowest BCUT2D eigenvalue weighted by atomic mass is 10.3. The molecule has 0 radical (unpaired) electrons. The average Bonchev–Trinajstić information content (AvgIpc) is 2.80. The van der Waals surface area contributed by atoms with Crippen molar-refractivity contribution in [2.75, 3.05) is 0 Å². The topological polar surface area (TPSA) is 57.8 Å². The summed E-state index contributed by atoms with van der Waals surface area (Å²) in [5, 5.41) is 3.27. The van der Waals surface area contributed by atoms with Crippen LogP contribution in [0, 0.1) is 0 Å². The monoisotopic (exact) mass is 235 g/mol. The highest BCUT2D eigenvalue weighted by Crippen LogP contribution is 2.06. The zero-order chi connectivity index (χ0) is 11.4. The molecule has 0 aliphatic rings. The molecule has 0 saturated heterocycles. The minimum Gasteiger partial charge on any atom is -0.367 e. The molecule has 2 rings (SSSR count). The molecule has 82 valence electrons. The van der Waals surface area contributed by atoms with Gasteiger partial charge in [0.25, 0.3) is 5.91 Å². The van der Waals surface area contributed by atoms with Crippen LogP contribution < -0.4 is 5.32 Å². The summed E-state index contributed by atoms with van der Waals surface area (Å²) in [4.78, 5) is 18.5. The number of aromatic nitrogens is 2. The molecule has 0 aromatic carbocycles. The van der Waals surface area contributed by atoms with Gasteiger partial charge in [-0.2, -0.15) is 0 Å². The van der Waals surface area contributed by atoms with Gasteiger partial charge in [0.15, 0.2) is 0 Å². The smallest absolute Gasteiger partial charge is 0.270 e. The molecule has 16 heavy (non-hydrogen) atoms. The van der Waals surface area contributed by atoms with E-state index < -0.39 is 0 Å². The Morgan fingerprint density at radius 2 is 2.31 bits per heavy atom. The van der Waals surface area contributed by atoms with Crippen LogP contribution >= 0.6 is 11.6 Å². The molecule has 4 nitrogen and oxygen atoms in total. The number of H-pyrrole nitrogens is 1. The number of nitrogens with zero attached hydrogens (tertiary/aromatic N) is 1. The molecule has 1 amide bonds. The van der Waals surface area contributed by atoms with Gasteiger partial charge in [0, 0.05) is 25.1 Å². The van der Waals surface area contributed by atoms with Crippen molar-refractivity contribution in [3.63, 3.8) is 0 Å². The number of nitrogens with one attached hydrogen (secondary N) is 2. The largest absolute Gasteiger partial charge is 0.367 e. The molecule has 5 heteroatoms. The lowest BCUT2D eigenvalue weighted by Crippen LogP contribution is -2.23. The molecule has 2 heterocycles. The molecule has 0 aliphatic carbocycles. The molecule has 0 saturated carbocycles. The van der Waals surface area contributed by atoms with Crippen molar-refractivity contribution in [3.8, 4) is 0 Å². The van der Waals surface area contributed by atoms with Crippen LogP contribution in [0.2, 0.25) is 5.02 Å². The number of aromatic amines is 1. The van der Waals surface area contributed by atoms with Gasteiger partial charge in [-0.1, -0.05) is 11.6 Å². The molecular formula is C11H10ClN3O. The molecule has 2 N–H and O–H groups in total. The van der Waals surface area contributed by atoms with Crippen LogP contribution in [0.1, 0.15) is 16.1 Å². The van der Waals surface area contributed by atoms with Crippen LogP contribution in [0.4, 0.5) is 0 Å². The first kappa shape index (κ1) is 10.7. The zero-order valence-corrected chi connectivity index (χ0v) is 9.16. The van der Waals surface area contributed by atoms with E-state index in [2.05, 4.69) is 15.3 Å². The predicted octanol–water partition coefficient (Wildman–Crippen LogP) is 1.99. The fourth-order valence-electron chi connectivity index (χ4n) is 1.25. The van der Waals surface area contributed by atoms with Crippen molar-refractivity contribution in [3.05, 3.63) is 53.1 Å². The van der Waals surface area contributed by atoms with E-state index in [-0.39, 0.29) is 5.91 Å². The SMILES string of the molecule is O=C(NCc1cc[nH]c1)c1ccc(Cl)cn1. The molecule has 2 aromatic rings. The number of carbonyl (C=O) groups excluding carboxylic acids is 1. The summed E-state index contributed by atoms with van der Waals surface area (Å²) < 4.78 is 0. The second-order valence-electron chi connectivity index (χ2n) is 3.26. The first-order valence-electron chi connectivity index (χ1n) is 4.77. The van der Waals surface area contributed by atoms with Gasteiger partial charge in [0.05, 0.1) is 5.02 Å². The molecule has 0 atom stereocenters. The highest BCUT2D eigenvalue weighted by molar-refractivity contribution is 6.30. The highest BCUT2D eigenvalue weighted by Gasteiger charge is 2.06. The first-order valence-corrected chi connectivity index (χ1v) is 5.15. The van der Waals surface area contributed by atoms with Gasteiger partial charge in [-0.05, 0) is 23.8 Å². The lowest BCUT2D eigenvalue weighted by Gasteiger charge is -2.02. The van der Waals surface area contributed by atoms with Crippen molar-refractivity contribution in [1.82, 2.24) is 15.3 Å². The van der Waals surface area contributed by atoms with Gasteiger partial charge in [-0.3, -0.25) is 4.79 Å². The van der Waals surface area contributed by atoms with E-state index >= 15 is 0 Å². The standard InChI is InChI=1S/C11H10ClN3O/c12-9-1-2-10(14-7-9)11(16)15-6-8-3-4-13-5-8/h1-5,7,13H,6H2,(H,15,16). The quantitative estimate of drug-likeness (QED) is 0.855. The van der Waals surface area contributed by atoms with Crippen LogP contribution in [-0.2, 0) is 6.54 Å². The third kappa shape index (κ3) is 2.61. The third-order valence-electron chi connectivity index (χ3n) is 2.08. The lowest BCUT2D eigenvalue weighted by molar-refractivity contribution is 0.0946. The number of carbonyl (C=O) groups is 1. The Morgan fingerprint density at radius 1 is 1.44 bits per heavy atom. The summed E-state index contributed by atoms with van der Waals surface area (Å²) >= 11 is 5.68. The maximum atomic E-state index is 11.6. The number of amides is 1. The molecule has 0 unspecified atom stereocenters. The fraction of sp³-hybridized carbons (Fsp3) is 0.0909. The summed E-state index contributed by atoms with van der Waals surface area (Å²) in [5.74, 6) is -0.210. The summed E-state index contributed by atoms with van der Waals surface area (Å²) in [5.41, 5.74) is 1.38. The highest BCUT2D eigenvalue weighted by atomic mass is 35.5. The van der Waals surface area contributed by atoms with E-state index in [1.807, 2.05) is 18.5 Å². The van der Waals surface area contributed by atoms with Crippen molar-refractivity contribution >= 4 is 17.5 Å². The third-order valence-corrected chi connectivity index (χ3v) is 2.30. The summed E-state index contributed by atoms with van der Waals surface area (Å²) in [6.45, 7) is 0.479. The summed E-state index contributed by atoms with van der Waals surface area (Å²) in [6.07, 6.45) is 5.09. The van der Waals surface area contributed by atoms with Crippen molar-refractivity contribution in [2.24, 2.45) is 0 Å². The van der Waals surface area contributed by atoms with Gasteiger partial charge in [-0.25, -0.2) is 4.98 Å². The number of hydrogen-bond donors (Lipinski definition) is 2. The maximum Gasteiger partial charge on any atom is 0.270 e. The maximum absolute atomic E-state index is 11.6. The van der Waals surface area contributed by atoms with E-state index in [4.69, 9.17) is 11.6 Å². The predicted molar refractivity (Wildman–Crippen MR) is 61.2 cm³/mol. The first-order chi connectivity index (χ1) is 7.75. The molecule has 0 aliphatic heterocycles. The van der Waals surface area contributed by atoms with Crippen molar-refractivity contribution < 1.29 is 4.79 Å². The van der Waals surface area contributed by atoms with Gasteiger partial charge < -0.3 is 10.3 Å². The number of rotatable bonds is 3. The fourth-order valence-corrected chi connectivity index (χ4v) is 1.36. The number of halogens is 1. The number of pyridine rings is 1. The zero-order valence-electron chi connectivity index (χ0n) is 8.40. The van der Waals surface area contributed by atoms with E-state index in [0.717, 1.165) is 5.56 Å². The van der Waals surface area contributed by atoms with Crippen molar-refractivity contribution in [1.29, 1.82) is 0 Å². The van der Waals surface area contributed by atoms with Crippen LogP contribution in [0.3, 0.4) is 0 Å². The molecule has 0 bridgehead atoms. The Kier molecular flexibility index (Phi) is 3.22. The Labute approximate surface area is 97.7 Å². The summed E-state index contributed by atoms with van der Waals surface area (Å²) in [6, 6.07) is 5.13. The van der Waals surface area contributed by atoms with Gasteiger partial charge >= 0.3 is 0 Å². The Hall–Kier alpha value is -1.81.